The van der Waals surface area contributed by atoms with Gasteiger partial charge < -0.3 is 4.43 Å². The first-order valence-corrected chi connectivity index (χ1v) is 5.25. The number of hydrogen-bond donors (Lipinski definition) is 0. The Morgan fingerprint density at radius 1 is 1.44 bits per heavy atom. The highest BCUT2D eigenvalue weighted by molar-refractivity contribution is 6.51. The fourth-order valence-corrected chi connectivity index (χ4v) is 1.89. The van der Waals surface area contributed by atoms with Crippen LogP contribution in [0.4, 0.5) is 0 Å². The van der Waals surface area contributed by atoms with Gasteiger partial charge in [0.1, 0.15) is 0 Å². The molecule has 0 atom stereocenters. The van der Waals surface area contributed by atoms with Gasteiger partial charge in [-0.3, -0.25) is 0 Å². The second-order valence-electron chi connectivity index (χ2n) is 1.85. The van der Waals surface area contributed by atoms with Crippen LogP contribution >= 0.6 is 0 Å². The summed E-state index contributed by atoms with van der Waals surface area (Å²) in [6.45, 7) is 8.69. The van der Waals surface area contributed by atoms with Crippen LogP contribution in [-0.2, 0) is 4.43 Å². The van der Waals surface area contributed by atoms with Crippen LogP contribution < -0.4 is 0 Å². The summed E-state index contributed by atoms with van der Waals surface area (Å²) < 4.78 is 5.47. The van der Waals surface area contributed by atoms with E-state index in [4.69, 9.17) is 4.43 Å². The van der Waals surface area contributed by atoms with Gasteiger partial charge in [0, 0.05) is 0 Å². The van der Waals surface area contributed by atoms with E-state index in [2.05, 4.69) is 20.4 Å². The third-order valence-electron chi connectivity index (χ3n) is 1.19. The first-order valence-electron chi connectivity index (χ1n) is 3.43. The molecule has 0 unspecified atom stereocenters. The summed E-state index contributed by atoms with van der Waals surface area (Å²) in [5, 5.41) is 0. The van der Waals surface area contributed by atoms with E-state index in [-0.39, 0.29) is 0 Å². The molecule has 1 radical (unpaired) electrons. The van der Waals surface area contributed by atoms with Gasteiger partial charge in [-0.1, -0.05) is 19.9 Å². The Morgan fingerprint density at radius 3 is 2.33 bits per heavy atom. The highest BCUT2D eigenvalue weighted by Gasteiger charge is 2.04. The van der Waals surface area contributed by atoms with Crippen LogP contribution in [0.1, 0.15) is 13.8 Å². The molecule has 0 rings (SSSR count). The fraction of sp³-hybridized carbons (Fsp3) is 0.714. The third kappa shape index (κ3) is 4.42. The maximum Gasteiger partial charge on any atom is 0.211 e. The molecule has 0 saturated heterocycles. The number of rotatable bonds is 5. The Hall–Kier alpha value is -0.0831. The Morgan fingerprint density at radius 2 is 2.00 bits per heavy atom. The molecule has 0 amide bonds. The zero-order valence-corrected chi connectivity index (χ0v) is 7.31. The van der Waals surface area contributed by atoms with Crippen molar-refractivity contribution in [1.82, 2.24) is 0 Å². The van der Waals surface area contributed by atoms with Crippen molar-refractivity contribution in [2.45, 2.75) is 25.9 Å². The van der Waals surface area contributed by atoms with Crippen LogP contribution in [0.25, 0.3) is 0 Å². The lowest BCUT2D eigenvalue weighted by Crippen LogP contribution is -2.14. The zero-order chi connectivity index (χ0) is 7.11. The van der Waals surface area contributed by atoms with Gasteiger partial charge in [0.15, 0.2) is 0 Å². The van der Waals surface area contributed by atoms with Crippen LogP contribution in [0.2, 0.25) is 12.1 Å². The van der Waals surface area contributed by atoms with Crippen molar-refractivity contribution in [3.63, 3.8) is 0 Å². The molecular formula is C7H15OSi. The van der Waals surface area contributed by atoms with Crippen molar-refractivity contribution in [3.8, 4) is 0 Å². The molecule has 2 heteroatoms. The molecule has 0 saturated carbocycles. The molecule has 0 aliphatic rings. The van der Waals surface area contributed by atoms with Crippen LogP contribution in [0.15, 0.2) is 12.7 Å². The van der Waals surface area contributed by atoms with Crippen LogP contribution in [0, 0.1) is 0 Å². The molecule has 53 valence electrons. The van der Waals surface area contributed by atoms with E-state index in [9.17, 15) is 0 Å². The van der Waals surface area contributed by atoms with Gasteiger partial charge in [-0.2, -0.15) is 0 Å². The molecule has 0 fully saturated rings. The van der Waals surface area contributed by atoms with Crippen molar-refractivity contribution >= 4 is 9.04 Å². The summed E-state index contributed by atoms with van der Waals surface area (Å²) in [6, 6.07) is 2.41. The van der Waals surface area contributed by atoms with Gasteiger partial charge >= 0.3 is 0 Å². The Kier molecular flexibility index (Phi) is 5.99. The quantitative estimate of drug-likeness (QED) is 0.423. The summed E-state index contributed by atoms with van der Waals surface area (Å²) >= 11 is 0. The second-order valence-corrected chi connectivity index (χ2v) is 4.63. The maximum absolute atomic E-state index is 5.47. The SMILES string of the molecule is C=CCO[Si](CC)CC. The molecule has 0 aromatic rings. The molecule has 0 spiro atoms. The van der Waals surface area contributed by atoms with Crippen molar-refractivity contribution in [1.29, 1.82) is 0 Å². The average Bonchev–Trinajstić information content (AvgIpc) is 1.91. The highest BCUT2D eigenvalue weighted by Crippen LogP contribution is 1.98. The highest BCUT2D eigenvalue weighted by atomic mass is 28.3. The molecular weight excluding hydrogens is 128 g/mol. The molecule has 0 aliphatic carbocycles. The Labute approximate surface area is 59.5 Å². The minimum atomic E-state index is -0.457. The fourth-order valence-electron chi connectivity index (χ4n) is 0.631. The Bertz CT molecular complexity index is 69.3. The van der Waals surface area contributed by atoms with E-state index in [0.717, 1.165) is 6.61 Å². The van der Waals surface area contributed by atoms with Crippen molar-refractivity contribution in [2.75, 3.05) is 6.61 Å². The van der Waals surface area contributed by atoms with Crippen molar-refractivity contribution < 1.29 is 4.43 Å². The second kappa shape index (κ2) is 6.04. The van der Waals surface area contributed by atoms with E-state index in [0.29, 0.717) is 0 Å². The predicted molar refractivity (Wildman–Crippen MR) is 42.9 cm³/mol. The van der Waals surface area contributed by atoms with Gasteiger partial charge in [-0.25, -0.2) is 0 Å². The summed E-state index contributed by atoms with van der Waals surface area (Å²) in [4.78, 5) is 0. The molecule has 9 heavy (non-hydrogen) atoms. The molecule has 0 aromatic carbocycles. The monoisotopic (exact) mass is 143 g/mol. The van der Waals surface area contributed by atoms with Crippen molar-refractivity contribution in [3.05, 3.63) is 12.7 Å². The smallest absolute Gasteiger partial charge is 0.211 e. The minimum absolute atomic E-state index is 0.457. The first-order chi connectivity index (χ1) is 4.35. The molecule has 0 N–H and O–H groups in total. The lowest BCUT2D eigenvalue weighted by molar-refractivity contribution is 0.366. The third-order valence-corrected chi connectivity index (χ3v) is 3.35. The zero-order valence-electron chi connectivity index (χ0n) is 6.31. The molecule has 0 heterocycles. The molecule has 1 nitrogen and oxygen atoms in total. The van der Waals surface area contributed by atoms with Crippen LogP contribution in [-0.4, -0.2) is 15.6 Å². The molecule has 0 bridgehead atoms. The topological polar surface area (TPSA) is 9.23 Å². The normalized spacial score (nSPS) is 10.1. The van der Waals surface area contributed by atoms with E-state index >= 15 is 0 Å². The summed E-state index contributed by atoms with van der Waals surface area (Å²) in [5.41, 5.74) is 0. The molecule has 0 aromatic heterocycles. The van der Waals surface area contributed by atoms with Crippen molar-refractivity contribution in [2.24, 2.45) is 0 Å². The standard InChI is InChI=1S/C7H15OSi/c1-4-7-8-9(5-2)6-3/h4H,1,5-7H2,2-3H3. The summed E-state index contributed by atoms with van der Waals surface area (Å²) in [7, 11) is -0.457. The van der Waals surface area contributed by atoms with Gasteiger partial charge in [0.25, 0.3) is 0 Å². The summed E-state index contributed by atoms with van der Waals surface area (Å²) in [6.07, 6.45) is 1.82. The van der Waals surface area contributed by atoms with E-state index in [1.807, 2.05) is 6.08 Å². The number of hydrogen-bond acceptors (Lipinski definition) is 1. The van der Waals surface area contributed by atoms with Gasteiger partial charge in [-0.15, -0.1) is 6.58 Å². The lowest BCUT2D eigenvalue weighted by Gasteiger charge is -2.07. The van der Waals surface area contributed by atoms with E-state index < -0.39 is 9.04 Å². The van der Waals surface area contributed by atoms with Gasteiger partial charge in [0.2, 0.25) is 9.04 Å². The van der Waals surface area contributed by atoms with E-state index in [1.54, 1.807) is 0 Å². The van der Waals surface area contributed by atoms with Crippen LogP contribution in [0.5, 0.6) is 0 Å². The summed E-state index contributed by atoms with van der Waals surface area (Å²) in [5.74, 6) is 0. The van der Waals surface area contributed by atoms with Gasteiger partial charge in [-0.05, 0) is 12.1 Å². The Balaban J connectivity index is 3.19. The lowest BCUT2D eigenvalue weighted by atomic mass is 10.7. The predicted octanol–water partition coefficient (Wildman–Crippen LogP) is 2.22. The first kappa shape index (κ1) is 8.92. The van der Waals surface area contributed by atoms with Gasteiger partial charge in [0.05, 0.1) is 6.61 Å². The average molecular weight is 143 g/mol. The largest absolute Gasteiger partial charge is 0.413 e. The van der Waals surface area contributed by atoms with E-state index in [1.165, 1.54) is 12.1 Å². The maximum atomic E-state index is 5.47. The molecule has 0 aliphatic heterocycles. The minimum Gasteiger partial charge on any atom is -0.413 e. The van der Waals surface area contributed by atoms with Crippen LogP contribution in [0.3, 0.4) is 0 Å².